The van der Waals surface area contributed by atoms with Crippen molar-refractivity contribution in [1.82, 2.24) is 9.80 Å². The number of ether oxygens (including phenoxy) is 1. The molecule has 0 saturated carbocycles. The number of amides is 3. The van der Waals surface area contributed by atoms with E-state index in [1.54, 1.807) is 23.8 Å². The number of likely N-dealkylation sites (N-methyl/N-ethyl adjacent to an activating group) is 1. The molecule has 8 heteroatoms. The highest BCUT2D eigenvalue weighted by atomic mass is 16.5. The van der Waals surface area contributed by atoms with E-state index in [1.807, 2.05) is 63.3 Å². The second kappa shape index (κ2) is 8.56. The number of aliphatic hydroxyl groups is 1. The minimum absolute atomic E-state index is 0.161. The normalized spacial score (nSPS) is 34.4. The first kappa shape index (κ1) is 24.7. The summed E-state index contributed by atoms with van der Waals surface area (Å²) in [4.78, 5) is 47.1. The lowest BCUT2D eigenvalue weighted by atomic mass is 9.73. The zero-order valence-corrected chi connectivity index (χ0v) is 21.6. The average molecular weight is 494 g/mol. The lowest BCUT2D eigenvalue weighted by molar-refractivity contribution is -0.151. The van der Waals surface area contributed by atoms with Gasteiger partial charge in [-0.3, -0.25) is 14.4 Å². The number of aryl methyl sites for hydroxylation is 2. The van der Waals surface area contributed by atoms with Crippen molar-refractivity contribution in [2.45, 2.75) is 57.4 Å². The number of carbonyl (C=O) groups is 3. The lowest BCUT2D eigenvalue weighted by Crippen LogP contribution is -2.58. The predicted octanol–water partition coefficient (Wildman–Crippen LogP) is 1.98. The number of carbonyl (C=O) groups excluding carboxylic acids is 3. The second-order valence-corrected chi connectivity index (χ2v) is 10.7. The van der Waals surface area contributed by atoms with E-state index in [2.05, 4.69) is 0 Å². The first-order valence-corrected chi connectivity index (χ1v) is 12.7. The summed E-state index contributed by atoms with van der Waals surface area (Å²) in [5.41, 5.74) is 0.442. The van der Waals surface area contributed by atoms with Crippen molar-refractivity contribution >= 4 is 23.4 Å². The van der Waals surface area contributed by atoms with Crippen LogP contribution in [0, 0.1) is 25.7 Å². The minimum Gasteiger partial charge on any atom is -0.394 e. The van der Waals surface area contributed by atoms with Crippen molar-refractivity contribution in [3.8, 4) is 0 Å². The number of hydrogen-bond acceptors (Lipinski definition) is 5. The average Bonchev–Trinajstić information content (AvgIpc) is 3.17. The molecule has 1 aromatic rings. The van der Waals surface area contributed by atoms with Crippen LogP contribution in [-0.2, 0) is 19.1 Å². The third kappa shape index (κ3) is 3.23. The van der Waals surface area contributed by atoms with Gasteiger partial charge in [-0.15, -0.1) is 0 Å². The molecule has 8 nitrogen and oxygen atoms in total. The van der Waals surface area contributed by atoms with Crippen molar-refractivity contribution in [2.75, 3.05) is 31.6 Å². The highest BCUT2D eigenvalue weighted by molar-refractivity contribution is 6.06. The van der Waals surface area contributed by atoms with Crippen molar-refractivity contribution in [1.29, 1.82) is 0 Å². The zero-order valence-electron chi connectivity index (χ0n) is 21.6. The molecule has 1 spiro atoms. The fourth-order valence-electron chi connectivity index (χ4n) is 6.61. The third-order valence-electron chi connectivity index (χ3n) is 8.47. The van der Waals surface area contributed by atoms with E-state index in [0.717, 1.165) is 16.8 Å². The molecular formula is C28H35N3O5. The Morgan fingerprint density at radius 3 is 2.47 bits per heavy atom. The van der Waals surface area contributed by atoms with E-state index < -0.39 is 35.1 Å². The maximum atomic E-state index is 14.4. The largest absolute Gasteiger partial charge is 0.394 e. The van der Waals surface area contributed by atoms with Crippen LogP contribution >= 0.6 is 0 Å². The summed E-state index contributed by atoms with van der Waals surface area (Å²) in [5.74, 6) is -2.38. The number of benzene rings is 1. The maximum absolute atomic E-state index is 14.4. The summed E-state index contributed by atoms with van der Waals surface area (Å²) in [6.07, 6.45) is 8.06. The van der Waals surface area contributed by atoms with Crippen LogP contribution < -0.4 is 4.90 Å². The smallest absolute Gasteiger partial charge is 0.253 e. The van der Waals surface area contributed by atoms with E-state index in [1.165, 1.54) is 4.90 Å². The molecule has 4 aliphatic heterocycles. The summed E-state index contributed by atoms with van der Waals surface area (Å²) in [6.45, 7) is 8.06. The molecule has 1 unspecified atom stereocenters. The van der Waals surface area contributed by atoms with E-state index in [4.69, 9.17) is 4.74 Å². The van der Waals surface area contributed by atoms with Gasteiger partial charge in [0.1, 0.15) is 11.6 Å². The molecule has 4 aliphatic rings. The monoisotopic (exact) mass is 493 g/mol. The van der Waals surface area contributed by atoms with Crippen LogP contribution in [0.4, 0.5) is 5.69 Å². The summed E-state index contributed by atoms with van der Waals surface area (Å²) >= 11 is 0. The molecule has 2 saturated heterocycles. The molecule has 5 rings (SSSR count). The summed E-state index contributed by atoms with van der Waals surface area (Å²) in [6, 6.07) is 4.34. The Bertz CT molecular complexity index is 1180. The van der Waals surface area contributed by atoms with Crippen LogP contribution in [0.1, 0.15) is 31.4 Å². The Kier molecular flexibility index (Phi) is 5.87. The van der Waals surface area contributed by atoms with Gasteiger partial charge in [-0.2, -0.15) is 0 Å². The number of anilines is 1. The Morgan fingerprint density at radius 2 is 1.78 bits per heavy atom. The molecule has 4 heterocycles. The molecule has 192 valence electrons. The van der Waals surface area contributed by atoms with E-state index in [9.17, 15) is 19.5 Å². The first-order chi connectivity index (χ1) is 17.1. The quantitative estimate of drug-likeness (QED) is 0.648. The zero-order chi connectivity index (χ0) is 26.0. The van der Waals surface area contributed by atoms with Gasteiger partial charge in [0.05, 0.1) is 30.1 Å². The van der Waals surface area contributed by atoms with Gasteiger partial charge < -0.3 is 24.5 Å². The number of aliphatic hydroxyl groups excluding tert-OH is 1. The maximum Gasteiger partial charge on any atom is 0.253 e. The minimum atomic E-state index is -1.32. The van der Waals surface area contributed by atoms with Crippen LogP contribution in [0.5, 0.6) is 0 Å². The molecule has 36 heavy (non-hydrogen) atoms. The van der Waals surface area contributed by atoms with Crippen LogP contribution in [0.15, 0.2) is 42.5 Å². The fraction of sp³-hybridized carbons (Fsp3) is 0.536. The van der Waals surface area contributed by atoms with E-state index in [-0.39, 0.29) is 24.3 Å². The molecule has 0 aliphatic carbocycles. The van der Waals surface area contributed by atoms with Gasteiger partial charge in [-0.25, -0.2) is 0 Å². The van der Waals surface area contributed by atoms with Crippen molar-refractivity contribution in [2.24, 2.45) is 11.8 Å². The topological polar surface area (TPSA) is 90.4 Å². The van der Waals surface area contributed by atoms with Gasteiger partial charge in [-0.05, 0) is 44.4 Å². The van der Waals surface area contributed by atoms with Crippen LogP contribution in [0.25, 0.3) is 0 Å². The van der Waals surface area contributed by atoms with Crippen molar-refractivity contribution < 1.29 is 24.2 Å². The Balaban J connectivity index is 1.71. The van der Waals surface area contributed by atoms with Crippen LogP contribution in [0.2, 0.25) is 0 Å². The third-order valence-corrected chi connectivity index (χ3v) is 8.47. The second-order valence-electron chi connectivity index (χ2n) is 10.7. The lowest BCUT2D eigenvalue weighted by Gasteiger charge is -2.40. The molecule has 3 amide bonds. The number of hydrogen-bond donors (Lipinski definition) is 1. The Hall–Kier alpha value is -2.97. The molecule has 0 bridgehead atoms. The van der Waals surface area contributed by atoms with E-state index in [0.29, 0.717) is 19.5 Å². The number of nitrogens with zero attached hydrogens (tertiary/aromatic N) is 3. The van der Waals surface area contributed by atoms with Crippen molar-refractivity contribution in [3.63, 3.8) is 0 Å². The number of rotatable bonds is 4. The van der Waals surface area contributed by atoms with Crippen molar-refractivity contribution in [3.05, 3.63) is 53.6 Å². The van der Waals surface area contributed by atoms with Gasteiger partial charge >= 0.3 is 0 Å². The Labute approximate surface area is 212 Å². The highest BCUT2D eigenvalue weighted by Gasteiger charge is 2.75. The Morgan fingerprint density at radius 1 is 1.06 bits per heavy atom. The van der Waals surface area contributed by atoms with E-state index >= 15 is 0 Å². The van der Waals surface area contributed by atoms with Gasteiger partial charge in [0, 0.05) is 25.8 Å². The number of fused-ring (bicyclic) bond motifs is 2. The molecular weight excluding hydrogens is 458 g/mol. The summed E-state index contributed by atoms with van der Waals surface area (Å²) in [7, 11) is 1.73. The molecule has 6 atom stereocenters. The van der Waals surface area contributed by atoms with Gasteiger partial charge in [0.15, 0.2) is 0 Å². The molecule has 0 radical (unpaired) electrons. The number of likely N-dealkylation sites (tertiary alicyclic amines) is 1. The molecule has 2 fully saturated rings. The predicted molar refractivity (Wildman–Crippen MR) is 135 cm³/mol. The highest BCUT2D eigenvalue weighted by Crippen LogP contribution is 2.59. The van der Waals surface area contributed by atoms with Gasteiger partial charge in [0.25, 0.3) is 5.91 Å². The fourth-order valence-corrected chi connectivity index (χ4v) is 6.61. The summed E-state index contributed by atoms with van der Waals surface area (Å²) in [5, 5.41) is 10.1. The van der Waals surface area contributed by atoms with Gasteiger partial charge in [0.2, 0.25) is 11.8 Å². The first-order valence-electron chi connectivity index (χ1n) is 12.7. The van der Waals surface area contributed by atoms with Gasteiger partial charge in [-0.1, -0.05) is 43.4 Å². The summed E-state index contributed by atoms with van der Waals surface area (Å²) < 4.78 is 6.89. The van der Waals surface area contributed by atoms with Crippen LogP contribution in [-0.4, -0.2) is 82.7 Å². The molecule has 1 aromatic carbocycles. The SMILES string of the molecule is CC[C@]12C=CCN(C)C(=O)[C@H]1[C@H]1C(=O)N([C@H](C)CO)C3C(=O)N(c4cc(C)ccc4C)CC=C[C@@]31O2. The molecule has 0 aromatic heterocycles. The van der Waals surface area contributed by atoms with Crippen LogP contribution in [0.3, 0.4) is 0 Å². The standard InChI is InChI=1S/C28H35N3O5/c1-6-27-11-7-13-29(5)24(33)21(27)22-25(34)31(19(4)16-32)23-26(35)30(14-8-12-28(22,23)36-27)20-15-17(2)9-10-18(20)3/h7-12,15,19,21-23,32H,6,13-14,16H2,1-5H3/t19-,21-,22+,23?,27+,28+/m1/s1. The molecule has 1 N–H and O–H groups in total.